The average Bonchev–Trinajstić information content (AvgIpc) is 2.88. The van der Waals surface area contributed by atoms with E-state index in [1.165, 1.54) is 18.6 Å². The monoisotopic (exact) mass is 459 g/mol. The third kappa shape index (κ3) is 6.22. The fourth-order valence-corrected chi connectivity index (χ4v) is 4.36. The van der Waals surface area contributed by atoms with Gasteiger partial charge in [0, 0.05) is 23.8 Å². The summed E-state index contributed by atoms with van der Waals surface area (Å²) in [5.74, 6) is -0.801. The highest BCUT2D eigenvalue weighted by Crippen LogP contribution is 2.25. The van der Waals surface area contributed by atoms with Gasteiger partial charge in [-0.1, -0.05) is 67.8 Å². The number of benzene rings is 3. The van der Waals surface area contributed by atoms with Gasteiger partial charge in [0.1, 0.15) is 11.9 Å². The Labute approximate surface area is 199 Å². The molecule has 34 heavy (non-hydrogen) atoms. The molecule has 3 N–H and O–H groups in total. The van der Waals surface area contributed by atoms with Crippen LogP contribution in [0.1, 0.15) is 59.6 Å². The first kappa shape index (κ1) is 23.5. The summed E-state index contributed by atoms with van der Waals surface area (Å²) in [6, 6.07) is 22.0. The Morgan fingerprint density at radius 2 is 1.53 bits per heavy atom. The van der Waals surface area contributed by atoms with Crippen molar-refractivity contribution in [2.45, 2.75) is 50.7 Å². The van der Waals surface area contributed by atoms with E-state index in [4.69, 9.17) is 0 Å². The van der Waals surface area contributed by atoms with Crippen molar-refractivity contribution in [1.29, 1.82) is 0 Å². The fourth-order valence-electron chi connectivity index (χ4n) is 4.36. The molecular formula is C28H30FN3O2. The van der Waals surface area contributed by atoms with Crippen LogP contribution in [0.5, 0.6) is 0 Å². The van der Waals surface area contributed by atoms with Gasteiger partial charge >= 0.3 is 0 Å². The second kappa shape index (κ2) is 11.5. The molecule has 0 heterocycles. The van der Waals surface area contributed by atoms with E-state index < -0.39 is 6.04 Å². The lowest BCUT2D eigenvalue weighted by Crippen LogP contribution is -2.42. The number of carbonyl (C=O) groups is 2. The largest absolute Gasteiger partial charge is 0.370 e. The number of nitrogens with one attached hydrogen (secondary N) is 3. The molecule has 1 saturated carbocycles. The van der Waals surface area contributed by atoms with Crippen LogP contribution in [0.4, 0.5) is 10.1 Å². The SMILES string of the molecule is O=C(NCc1ccccc1)c1ccccc1C(Nc1ccc(F)cc1)C(=O)NC1CCCCC1. The Bertz CT molecular complexity index is 1100. The van der Waals surface area contributed by atoms with Crippen LogP contribution >= 0.6 is 0 Å². The number of anilines is 1. The summed E-state index contributed by atoms with van der Waals surface area (Å²) in [6.45, 7) is 0.387. The highest BCUT2D eigenvalue weighted by molar-refractivity contribution is 5.98. The minimum Gasteiger partial charge on any atom is -0.370 e. The lowest BCUT2D eigenvalue weighted by atomic mass is 9.94. The molecule has 1 aliphatic rings. The second-order valence-corrected chi connectivity index (χ2v) is 8.68. The van der Waals surface area contributed by atoms with Crippen LogP contribution in [0, 0.1) is 5.82 Å². The molecule has 4 rings (SSSR count). The second-order valence-electron chi connectivity index (χ2n) is 8.68. The standard InChI is InChI=1S/C28H30FN3O2/c29-21-15-17-23(18-16-21)31-26(28(34)32-22-11-5-2-6-12-22)24-13-7-8-14-25(24)27(33)30-19-20-9-3-1-4-10-20/h1,3-4,7-10,13-18,22,26,31H,2,5-6,11-12,19H2,(H,30,33)(H,32,34). The van der Waals surface area contributed by atoms with Crippen LogP contribution in [0.15, 0.2) is 78.9 Å². The Kier molecular flexibility index (Phi) is 7.91. The number of halogens is 1. The normalized spacial score (nSPS) is 14.7. The van der Waals surface area contributed by atoms with E-state index >= 15 is 0 Å². The lowest BCUT2D eigenvalue weighted by Gasteiger charge is -2.27. The molecule has 3 aromatic carbocycles. The Morgan fingerprint density at radius 3 is 2.26 bits per heavy atom. The van der Waals surface area contributed by atoms with E-state index in [-0.39, 0.29) is 23.7 Å². The van der Waals surface area contributed by atoms with Gasteiger partial charge in [0.25, 0.3) is 5.91 Å². The molecule has 2 amide bonds. The average molecular weight is 460 g/mol. The molecule has 0 spiro atoms. The quantitative estimate of drug-likeness (QED) is 0.425. The van der Waals surface area contributed by atoms with Crippen molar-refractivity contribution < 1.29 is 14.0 Å². The van der Waals surface area contributed by atoms with Crippen molar-refractivity contribution in [2.75, 3.05) is 5.32 Å². The first-order chi connectivity index (χ1) is 16.6. The van der Waals surface area contributed by atoms with Crippen molar-refractivity contribution >= 4 is 17.5 Å². The molecule has 6 heteroatoms. The Balaban J connectivity index is 1.58. The summed E-state index contributed by atoms with van der Waals surface area (Å²) in [4.78, 5) is 26.6. The van der Waals surface area contributed by atoms with Crippen molar-refractivity contribution in [3.8, 4) is 0 Å². The summed E-state index contributed by atoms with van der Waals surface area (Å²) in [5, 5.41) is 9.34. The van der Waals surface area contributed by atoms with Gasteiger partial charge in [0.05, 0.1) is 0 Å². The van der Waals surface area contributed by atoms with Gasteiger partial charge < -0.3 is 16.0 Å². The predicted octanol–water partition coefficient (Wildman–Crippen LogP) is 5.36. The molecule has 1 atom stereocenters. The van der Waals surface area contributed by atoms with E-state index in [0.29, 0.717) is 23.4 Å². The summed E-state index contributed by atoms with van der Waals surface area (Å²) in [7, 11) is 0. The van der Waals surface area contributed by atoms with E-state index in [2.05, 4.69) is 16.0 Å². The maximum Gasteiger partial charge on any atom is 0.251 e. The zero-order valence-corrected chi connectivity index (χ0v) is 19.1. The Hall–Kier alpha value is -3.67. The highest BCUT2D eigenvalue weighted by atomic mass is 19.1. The number of rotatable bonds is 8. The van der Waals surface area contributed by atoms with Crippen LogP contribution in [-0.2, 0) is 11.3 Å². The van der Waals surface area contributed by atoms with Crippen LogP contribution in [0.25, 0.3) is 0 Å². The van der Waals surface area contributed by atoms with Crippen LogP contribution in [-0.4, -0.2) is 17.9 Å². The van der Waals surface area contributed by atoms with Gasteiger partial charge in [-0.05, 0) is 54.3 Å². The van der Waals surface area contributed by atoms with Crippen molar-refractivity contribution in [3.05, 3.63) is 101 Å². The van der Waals surface area contributed by atoms with Crippen LogP contribution in [0.3, 0.4) is 0 Å². The Morgan fingerprint density at radius 1 is 0.853 bits per heavy atom. The first-order valence-corrected chi connectivity index (χ1v) is 11.8. The van der Waals surface area contributed by atoms with E-state index in [1.807, 2.05) is 36.4 Å². The smallest absolute Gasteiger partial charge is 0.251 e. The third-order valence-electron chi connectivity index (χ3n) is 6.18. The molecule has 1 fully saturated rings. The molecule has 5 nitrogen and oxygen atoms in total. The van der Waals surface area contributed by atoms with Gasteiger partial charge in [-0.2, -0.15) is 0 Å². The van der Waals surface area contributed by atoms with Crippen molar-refractivity contribution in [2.24, 2.45) is 0 Å². The summed E-state index contributed by atoms with van der Waals surface area (Å²) in [5.41, 5.74) is 2.59. The maximum atomic E-state index is 13.5. The summed E-state index contributed by atoms with van der Waals surface area (Å²) < 4.78 is 13.4. The van der Waals surface area contributed by atoms with Gasteiger partial charge in [0.2, 0.25) is 5.91 Å². The topological polar surface area (TPSA) is 70.2 Å². The molecule has 0 aromatic heterocycles. The zero-order chi connectivity index (χ0) is 23.8. The number of hydrogen-bond donors (Lipinski definition) is 3. The van der Waals surface area contributed by atoms with Crippen molar-refractivity contribution in [1.82, 2.24) is 10.6 Å². The molecule has 0 saturated heterocycles. The minimum absolute atomic E-state index is 0.123. The molecule has 1 unspecified atom stereocenters. The summed E-state index contributed by atoms with van der Waals surface area (Å²) in [6.07, 6.45) is 5.29. The molecule has 176 valence electrons. The number of hydrogen-bond acceptors (Lipinski definition) is 3. The molecule has 0 radical (unpaired) electrons. The minimum atomic E-state index is -0.800. The third-order valence-corrected chi connectivity index (χ3v) is 6.18. The molecule has 0 aliphatic heterocycles. The van der Waals surface area contributed by atoms with Crippen molar-refractivity contribution in [3.63, 3.8) is 0 Å². The summed E-state index contributed by atoms with van der Waals surface area (Å²) >= 11 is 0. The number of amides is 2. The van der Waals surface area contributed by atoms with Crippen LogP contribution in [0.2, 0.25) is 0 Å². The fraction of sp³-hybridized carbons (Fsp3) is 0.286. The molecule has 0 bridgehead atoms. The van der Waals surface area contributed by atoms with Gasteiger partial charge in [-0.15, -0.1) is 0 Å². The molecule has 1 aliphatic carbocycles. The first-order valence-electron chi connectivity index (χ1n) is 11.8. The van der Waals surface area contributed by atoms with E-state index in [9.17, 15) is 14.0 Å². The van der Waals surface area contributed by atoms with Gasteiger partial charge in [-0.3, -0.25) is 9.59 Å². The van der Waals surface area contributed by atoms with E-state index in [1.54, 1.807) is 30.3 Å². The van der Waals surface area contributed by atoms with Gasteiger partial charge in [0.15, 0.2) is 0 Å². The van der Waals surface area contributed by atoms with E-state index in [0.717, 1.165) is 31.2 Å². The molecular weight excluding hydrogens is 429 g/mol. The predicted molar refractivity (Wildman–Crippen MR) is 132 cm³/mol. The maximum absolute atomic E-state index is 13.5. The molecule has 3 aromatic rings. The van der Waals surface area contributed by atoms with Gasteiger partial charge in [-0.25, -0.2) is 4.39 Å². The van der Waals surface area contributed by atoms with Crippen LogP contribution < -0.4 is 16.0 Å². The highest BCUT2D eigenvalue weighted by Gasteiger charge is 2.27. The zero-order valence-electron chi connectivity index (χ0n) is 19.1. The lowest BCUT2D eigenvalue weighted by molar-refractivity contribution is -0.122. The number of carbonyl (C=O) groups excluding carboxylic acids is 2.